The van der Waals surface area contributed by atoms with Gasteiger partial charge in [-0.2, -0.15) is 0 Å². The molecule has 0 bridgehead atoms. The van der Waals surface area contributed by atoms with Crippen molar-refractivity contribution in [3.63, 3.8) is 0 Å². The molecule has 0 radical (unpaired) electrons. The van der Waals surface area contributed by atoms with Gasteiger partial charge in [0.05, 0.1) is 34.5 Å². The molecular weight excluding hydrogens is 370 g/mol. The van der Waals surface area contributed by atoms with Gasteiger partial charge in [0.25, 0.3) is 0 Å². The Kier molecular flexibility index (Phi) is 6.65. The van der Waals surface area contributed by atoms with Gasteiger partial charge in [-0.1, -0.05) is 0 Å². The highest BCUT2D eigenvalue weighted by Gasteiger charge is 2.31. The van der Waals surface area contributed by atoms with Gasteiger partial charge in [-0.15, -0.1) is 0 Å². The van der Waals surface area contributed by atoms with Crippen LogP contribution in [-0.4, -0.2) is 45.8 Å². The number of likely N-dealkylation sites (tertiary alicyclic amines) is 1. The molecule has 1 saturated heterocycles. The molecule has 1 aliphatic rings. The van der Waals surface area contributed by atoms with Crippen molar-refractivity contribution in [1.82, 2.24) is 4.90 Å². The van der Waals surface area contributed by atoms with Gasteiger partial charge in [0.15, 0.2) is 0 Å². The van der Waals surface area contributed by atoms with E-state index in [4.69, 9.17) is 18.9 Å². The number of hydrogen-bond acceptors (Lipinski definition) is 5. The molecule has 29 heavy (non-hydrogen) atoms. The summed E-state index contributed by atoms with van der Waals surface area (Å²) in [6.07, 6.45) is 5.22. The molecule has 6 heteroatoms. The Labute approximate surface area is 171 Å². The molecule has 0 N–H and O–H groups in total. The largest absolute Gasteiger partial charge is 0.497 e. The van der Waals surface area contributed by atoms with Crippen LogP contribution in [0.4, 0.5) is 0 Å². The van der Waals surface area contributed by atoms with Crippen LogP contribution in [0.15, 0.2) is 42.5 Å². The maximum Gasteiger partial charge on any atom is 0.247 e. The summed E-state index contributed by atoms with van der Waals surface area (Å²) < 4.78 is 21.5. The molecule has 3 rings (SSSR count). The third-order valence-corrected chi connectivity index (χ3v) is 5.18. The predicted octanol–water partition coefficient (Wildman–Crippen LogP) is 4.10. The fraction of sp³-hybridized carbons (Fsp3) is 0.348. The second-order valence-corrected chi connectivity index (χ2v) is 6.74. The second kappa shape index (κ2) is 9.37. The standard InChI is InChI=1S/C23H27NO5/c1-26-17-9-7-16(21(14-17)28-3)8-12-23(25)24-13-5-6-20(24)19-11-10-18(27-2)15-22(19)29-4/h7-12,14-15,20H,5-6,13H2,1-4H3/b12-8-. The van der Waals surface area contributed by atoms with Gasteiger partial charge in [0.1, 0.15) is 23.0 Å². The minimum atomic E-state index is -0.0387. The van der Waals surface area contributed by atoms with Crippen molar-refractivity contribution in [3.8, 4) is 23.0 Å². The van der Waals surface area contributed by atoms with Gasteiger partial charge in [-0.25, -0.2) is 0 Å². The molecule has 0 spiro atoms. The highest BCUT2D eigenvalue weighted by molar-refractivity contribution is 5.92. The van der Waals surface area contributed by atoms with Crippen molar-refractivity contribution in [2.45, 2.75) is 18.9 Å². The summed E-state index contributed by atoms with van der Waals surface area (Å²) >= 11 is 0. The molecule has 1 heterocycles. The summed E-state index contributed by atoms with van der Waals surface area (Å²) in [6.45, 7) is 0.711. The number of carbonyl (C=O) groups excluding carboxylic acids is 1. The molecule has 2 aromatic carbocycles. The van der Waals surface area contributed by atoms with E-state index in [9.17, 15) is 4.79 Å². The lowest BCUT2D eigenvalue weighted by atomic mass is 10.0. The van der Waals surface area contributed by atoms with E-state index in [2.05, 4.69) is 0 Å². The van der Waals surface area contributed by atoms with E-state index in [1.807, 2.05) is 35.2 Å². The molecule has 0 aromatic heterocycles. The number of benzene rings is 2. The third-order valence-electron chi connectivity index (χ3n) is 5.18. The van der Waals surface area contributed by atoms with E-state index in [0.717, 1.165) is 35.5 Å². The summed E-state index contributed by atoms with van der Waals surface area (Å²) in [4.78, 5) is 14.8. The van der Waals surface area contributed by atoms with Crippen LogP contribution < -0.4 is 18.9 Å². The molecule has 6 nitrogen and oxygen atoms in total. The van der Waals surface area contributed by atoms with Crippen molar-refractivity contribution in [3.05, 3.63) is 53.6 Å². The molecule has 1 unspecified atom stereocenters. The van der Waals surface area contributed by atoms with Crippen LogP contribution in [-0.2, 0) is 4.79 Å². The van der Waals surface area contributed by atoms with E-state index in [1.165, 1.54) is 0 Å². The van der Waals surface area contributed by atoms with Crippen molar-refractivity contribution < 1.29 is 23.7 Å². The monoisotopic (exact) mass is 397 g/mol. The molecule has 1 amide bonds. The lowest BCUT2D eigenvalue weighted by Gasteiger charge is -2.25. The van der Waals surface area contributed by atoms with E-state index < -0.39 is 0 Å². The molecule has 1 aliphatic heterocycles. The quantitative estimate of drug-likeness (QED) is 0.659. The van der Waals surface area contributed by atoms with E-state index >= 15 is 0 Å². The smallest absolute Gasteiger partial charge is 0.247 e. The maximum absolute atomic E-state index is 13.0. The summed E-state index contributed by atoms with van der Waals surface area (Å²) in [7, 11) is 6.46. The lowest BCUT2D eigenvalue weighted by molar-refractivity contribution is -0.126. The van der Waals surface area contributed by atoms with Gasteiger partial charge < -0.3 is 23.8 Å². The number of rotatable bonds is 7. The first-order valence-corrected chi connectivity index (χ1v) is 9.54. The molecule has 0 aliphatic carbocycles. The average Bonchev–Trinajstić information content (AvgIpc) is 3.26. The average molecular weight is 397 g/mol. The number of hydrogen-bond donors (Lipinski definition) is 0. The third kappa shape index (κ3) is 4.47. The van der Waals surface area contributed by atoms with Gasteiger partial charge in [0.2, 0.25) is 5.91 Å². The molecule has 2 aromatic rings. The van der Waals surface area contributed by atoms with Gasteiger partial charge in [-0.05, 0) is 43.2 Å². The molecule has 1 atom stereocenters. The first-order valence-electron chi connectivity index (χ1n) is 9.54. The van der Waals surface area contributed by atoms with E-state index in [1.54, 1.807) is 46.7 Å². The van der Waals surface area contributed by atoms with Crippen LogP contribution >= 0.6 is 0 Å². The molecule has 1 fully saturated rings. The highest BCUT2D eigenvalue weighted by Crippen LogP contribution is 2.39. The number of amides is 1. The lowest BCUT2D eigenvalue weighted by Crippen LogP contribution is -2.29. The first kappa shape index (κ1) is 20.6. The van der Waals surface area contributed by atoms with Gasteiger partial charge >= 0.3 is 0 Å². The maximum atomic E-state index is 13.0. The number of ether oxygens (including phenoxy) is 4. The minimum Gasteiger partial charge on any atom is -0.497 e. The van der Waals surface area contributed by atoms with Gasteiger partial charge in [-0.3, -0.25) is 4.79 Å². The summed E-state index contributed by atoms with van der Waals surface area (Å²) in [5.74, 6) is 2.78. The van der Waals surface area contributed by atoms with Crippen LogP contribution in [0.2, 0.25) is 0 Å². The fourth-order valence-electron chi connectivity index (χ4n) is 3.66. The van der Waals surface area contributed by atoms with Crippen LogP contribution in [0.3, 0.4) is 0 Å². The van der Waals surface area contributed by atoms with Gasteiger partial charge in [0, 0.05) is 35.9 Å². The van der Waals surface area contributed by atoms with Crippen LogP contribution in [0.5, 0.6) is 23.0 Å². The number of methoxy groups -OCH3 is 4. The zero-order valence-electron chi connectivity index (χ0n) is 17.3. The van der Waals surface area contributed by atoms with Crippen molar-refractivity contribution in [2.24, 2.45) is 0 Å². The Morgan fingerprint density at radius 3 is 2.24 bits per heavy atom. The zero-order chi connectivity index (χ0) is 20.8. The minimum absolute atomic E-state index is 0.0224. The van der Waals surface area contributed by atoms with Crippen LogP contribution in [0.1, 0.15) is 30.0 Å². The Morgan fingerprint density at radius 2 is 1.59 bits per heavy atom. The summed E-state index contributed by atoms with van der Waals surface area (Å²) in [5, 5.41) is 0. The van der Waals surface area contributed by atoms with Crippen LogP contribution in [0, 0.1) is 0 Å². The zero-order valence-corrected chi connectivity index (χ0v) is 17.3. The summed E-state index contributed by atoms with van der Waals surface area (Å²) in [6, 6.07) is 11.2. The SMILES string of the molecule is COc1ccc(/C=C\C(=O)N2CCCC2c2ccc(OC)cc2OC)c(OC)c1. The Hall–Kier alpha value is -3.15. The predicted molar refractivity (Wildman–Crippen MR) is 112 cm³/mol. The molecule has 154 valence electrons. The van der Waals surface area contributed by atoms with Crippen molar-refractivity contribution in [2.75, 3.05) is 35.0 Å². The second-order valence-electron chi connectivity index (χ2n) is 6.74. The van der Waals surface area contributed by atoms with Crippen molar-refractivity contribution in [1.29, 1.82) is 0 Å². The Balaban J connectivity index is 1.81. The Bertz CT molecular complexity index is 893. The van der Waals surface area contributed by atoms with Crippen molar-refractivity contribution >= 4 is 12.0 Å². The summed E-state index contributed by atoms with van der Waals surface area (Å²) in [5.41, 5.74) is 1.81. The topological polar surface area (TPSA) is 57.2 Å². The Morgan fingerprint density at radius 1 is 0.931 bits per heavy atom. The highest BCUT2D eigenvalue weighted by atomic mass is 16.5. The van der Waals surface area contributed by atoms with E-state index in [-0.39, 0.29) is 11.9 Å². The normalized spacial score (nSPS) is 16.1. The fourth-order valence-corrected chi connectivity index (χ4v) is 3.66. The van der Waals surface area contributed by atoms with Crippen LogP contribution in [0.25, 0.3) is 6.08 Å². The number of nitrogens with zero attached hydrogens (tertiary/aromatic N) is 1. The first-order chi connectivity index (χ1) is 14.1. The van der Waals surface area contributed by atoms with E-state index in [0.29, 0.717) is 18.0 Å². The molecular formula is C23H27NO5. The molecule has 0 saturated carbocycles. The number of carbonyl (C=O) groups is 1.